The maximum Gasteiger partial charge on any atom is 0.319 e. The minimum atomic E-state index is -0.248. The van der Waals surface area contributed by atoms with E-state index in [1.165, 1.54) is 5.56 Å². The summed E-state index contributed by atoms with van der Waals surface area (Å²) < 4.78 is 1.75. The molecule has 3 N–H and O–H groups in total. The van der Waals surface area contributed by atoms with Crippen molar-refractivity contribution in [3.05, 3.63) is 41.6 Å². The third-order valence-corrected chi connectivity index (χ3v) is 3.74. The van der Waals surface area contributed by atoms with Crippen molar-refractivity contribution in [3.63, 3.8) is 0 Å². The summed E-state index contributed by atoms with van der Waals surface area (Å²) in [5.41, 5.74) is 4.58. The van der Waals surface area contributed by atoms with Gasteiger partial charge in [0.1, 0.15) is 6.33 Å². The largest absolute Gasteiger partial charge is 0.338 e. The molecular formula is C15H19N7O. The van der Waals surface area contributed by atoms with Crippen LogP contribution in [0, 0.1) is 13.8 Å². The number of carbonyl (C=O) groups excluding carboxylic acids is 1. The number of fused-ring (bicyclic) bond motifs is 1. The Labute approximate surface area is 133 Å². The Bertz CT molecular complexity index is 801. The van der Waals surface area contributed by atoms with Crippen molar-refractivity contribution in [2.24, 2.45) is 0 Å². The predicted molar refractivity (Wildman–Crippen MR) is 86.4 cm³/mol. The molecule has 0 aliphatic carbocycles. The van der Waals surface area contributed by atoms with Gasteiger partial charge in [-0.3, -0.25) is 9.50 Å². The van der Waals surface area contributed by atoms with E-state index in [9.17, 15) is 4.79 Å². The molecule has 0 saturated carbocycles. The van der Waals surface area contributed by atoms with Gasteiger partial charge in [0, 0.05) is 18.4 Å². The van der Waals surface area contributed by atoms with Gasteiger partial charge >= 0.3 is 6.03 Å². The number of anilines is 1. The summed E-state index contributed by atoms with van der Waals surface area (Å²) in [5.74, 6) is 0. The molecule has 0 aromatic carbocycles. The molecule has 0 radical (unpaired) electrons. The number of aromatic amines is 1. The van der Waals surface area contributed by atoms with Crippen LogP contribution in [-0.4, -0.2) is 37.4 Å². The van der Waals surface area contributed by atoms with Crippen molar-refractivity contribution < 1.29 is 4.79 Å². The summed E-state index contributed by atoms with van der Waals surface area (Å²) in [6.07, 6.45) is 5.15. The summed E-state index contributed by atoms with van der Waals surface area (Å²) in [5, 5.41) is 20.6. The van der Waals surface area contributed by atoms with Gasteiger partial charge in [0.05, 0.1) is 11.4 Å². The zero-order valence-electron chi connectivity index (χ0n) is 13.1. The van der Waals surface area contributed by atoms with Crippen molar-refractivity contribution in [2.75, 3.05) is 11.9 Å². The molecule has 8 nitrogen and oxygen atoms in total. The minimum absolute atomic E-state index is 0.248. The van der Waals surface area contributed by atoms with Crippen LogP contribution in [0.5, 0.6) is 0 Å². The molecular weight excluding hydrogens is 294 g/mol. The van der Waals surface area contributed by atoms with Gasteiger partial charge in [-0.05, 0) is 44.4 Å². The zero-order valence-corrected chi connectivity index (χ0v) is 13.1. The van der Waals surface area contributed by atoms with Crippen LogP contribution in [0.2, 0.25) is 0 Å². The molecule has 3 aromatic rings. The highest BCUT2D eigenvalue weighted by Crippen LogP contribution is 2.13. The van der Waals surface area contributed by atoms with Gasteiger partial charge in [0.25, 0.3) is 0 Å². The number of hydrogen-bond donors (Lipinski definition) is 3. The van der Waals surface area contributed by atoms with Gasteiger partial charge in [-0.15, -0.1) is 10.2 Å². The average molecular weight is 313 g/mol. The number of carbonyl (C=O) groups is 1. The second kappa shape index (κ2) is 6.47. The highest BCUT2D eigenvalue weighted by Gasteiger charge is 2.08. The third kappa shape index (κ3) is 3.31. The first-order chi connectivity index (χ1) is 11.1. The smallest absolute Gasteiger partial charge is 0.319 e. The number of nitrogens with zero attached hydrogens (tertiary/aromatic N) is 4. The fourth-order valence-electron chi connectivity index (χ4n) is 2.52. The fourth-order valence-corrected chi connectivity index (χ4v) is 2.52. The normalized spacial score (nSPS) is 10.9. The Hall–Kier alpha value is -2.90. The number of urea groups is 1. The van der Waals surface area contributed by atoms with Crippen LogP contribution < -0.4 is 10.6 Å². The molecule has 0 saturated heterocycles. The van der Waals surface area contributed by atoms with Crippen LogP contribution >= 0.6 is 0 Å². The molecule has 0 aliphatic heterocycles. The highest BCUT2D eigenvalue weighted by molar-refractivity contribution is 5.92. The fraction of sp³-hybridized carbons (Fsp3) is 0.333. The van der Waals surface area contributed by atoms with Gasteiger partial charge in [-0.1, -0.05) is 0 Å². The first kappa shape index (κ1) is 15.0. The summed E-state index contributed by atoms with van der Waals surface area (Å²) >= 11 is 0. The number of rotatable bonds is 5. The van der Waals surface area contributed by atoms with E-state index < -0.39 is 0 Å². The van der Waals surface area contributed by atoms with E-state index in [2.05, 4.69) is 31.0 Å². The Morgan fingerprint density at radius 2 is 2.26 bits per heavy atom. The van der Waals surface area contributed by atoms with E-state index in [0.29, 0.717) is 17.9 Å². The quantitative estimate of drug-likeness (QED) is 0.626. The van der Waals surface area contributed by atoms with Gasteiger partial charge < -0.3 is 10.6 Å². The van der Waals surface area contributed by atoms with Crippen LogP contribution in [0.15, 0.2) is 24.7 Å². The highest BCUT2D eigenvalue weighted by atomic mass is 16.2. The number of aromatic nitrogens is 5. The SMILES string of the molecule is Cc1n[nH]c(C)c1CCCNC(=O)Nc1cccn2cnnc12. The third-order valence-electron chi connectivity index (χ3n) is 3.74. The van der Waals surface area contributed by atoms with E-state index in [1.807, 2.05) is 26.1 Å². The summed E-state index contributed by atoms with van der Waals surface area (Å²) in [4.78, 5) is 12.0. The molecule has 3 rings (SSSR count). The van der Waals surface area contributed by atoms with E-state index in [0.717, 1.165) is 24.2 Å². The lowest BCUT2D eigenvalue weighted by Gasteiger charge is -2.08. The number of hydrogen-bond acceptors (Lipinski definition) is 4. The van der Waals surface area contributed by atoms with Gasteiger partial charge in [-0.25, -0.2) is 4.79 Å². The number of H-pyrrole nitrogens is 1. The molecule has 0 spiro atoms. The number of nitrogens with one attached hydrogen (secondary N) is 3. The molecule has 2 amide bonds. The molecule has 0 bridgehead atoms. The van der Waals surface area contributed by atoms with Crippen molar-refractivity contribution in [2.45, 2.75) is 26.7 Å². The molecule has 3 aromatic heterocycles. The van der Waals surface area contributed by atoms with Crippen LogP contribution in [-0.2, 0) is 6.42 Å². The molecule has 0 aliphatic rings. The minimum Gasteiger partial charge on any atom is -0.338 e. The molecule has 8 heteroatoms. The second-order valence-electron chi connectivity index (χ2n) is 5.38. The number of aryl methyl sites for hydroxylation is 2. The lowest BCUT2D eigenvalue weighted by molar-refractivity contribution is 0.252. The maximum atomic E-state index is 12.0. The van der Waals surface area contributed by atoms with Gasteiger partial charge in [-0.2, -0.15) is 5.10 Å². The van der Waals surface area contributed by atoms with Crippen molar-refractivity contribution in [1.82, 2.24) is 30.1 Å². The van der Waals surface area contributed by atoms with Crippen molar-refractivity contribution in [3.8, 4) is 0 Å². The van der Waals surface area contributed by atoms with Crippen molar-refractivity contribution in [1.29, 1.82) is 0 Å². The molecule has 23 heavy (non-hydrogen) atoms. The zero-order chi connectivity index (χ0) is 16.2. The predicted octanol–water partition coefficient (Wildman–Crippen LogP) is 1.82. The lowest BCUT2D eigenvalue weighted by atomic mass is 10.1. The Balaban J connectivity index is 1.49. The second-order valence-corrected chi connectivity index (χ2v) is 5.38. The van der Waals surface area contributed by atoms with Crippen LogP contribution in [0.25, 0.3) is 5.65 Å². The number of amides is 2. The Morgan fingerprint density at radius 3 is 3.04 bits per heavy atom. The molecule has 0 fully saturated rings. The molecule has 0 atom stereocenters. The van der Waals surface area contributed by atoms with E-state index in [4.69, 9.17) is 0 Å². The Kier molecular flexibility index (Phi) is 4.22. The van der Waals surface area contributed by atoms with Gasteiger partial charge in [0.15, 0.2) is 5.65 Å². The molecule has 120 valence electrons. The van der Waals surface area contributed by atoms with E-state index in [-0.39, 0.29) is 6.03 Å². The van der Waals surface area contributed by atoms with Crippen LogP contribution in [0.3, 0.4) is 0 Å². The standard InChI is InChI=1S/C15H19N7O/c1-10-12(11(2)20-19-10)5-3-7-16-15(23)18-13-6-4-8-22-9-17-21-14(13)22/h4,6,8-9H,3,5,7H2,1-2H3,(H,19,20)(H2,16,18,23). The molecule has 0 unspecified atom stereocenters. The Morgan fingerprint density at radius 1 is 1.39 bits per heavy atom. The number of pyridine rings is 1. The first-order valence-corrected chi connectivity index (χ1v) is 7.49. The van der Waals surface area contributed by atoms with E-state index in [1.54, 1.807) is 16.8 Å². The van der Waals surface area contributed by atoms with Crippen LogP contribution in [0.4, 0.5) is 10.5 Å². The average Bonchev–Trinajstić information content (AvgIpc) is 3.13. The summed E-state index contributed by atoms with van der Waals surface area (Å²) in [7, 11) is 0. The van der Waals surface area contributed by atoms with Crippen LogP contribution in [0.1, 0.15) is 23.4 Å². The molecule has 3 heterocycles. The summed E-state index contributed by atoms with van der Waals surface area (Å²) in [6.45, 7) is 4.58. The first-order valence-electron chi connectivity index (χ1n) is 7.49. The lowest BCUT2D eigenvalue weighted by Crippen LogP contribution is -2.30. The monoisotopic (exact) mass is 313 g/mol. The van der Waals surface area contributed by atoms with Gasteiger partial charge in [0.2, 0.25) is 0 Å². The van der Waals surface area contributed by atoms with Crippen molar-refractivity contribution >= 4 is 17.4 Å². The topological polar surface area (TPSA) is 100 Å². The maximum absolute atomic E-state index is 12.0. The summed E-state index contributed by atoms with van der Waals surface area (Å²) in [6, 6.07) is 3.37. The van der Waals surface area contributed by atoms with E-state index >= 15 is 0 Å².